The Morgan fingerprint density at radius 1 is 0.938 bits per heavy atom. The van der Waals surface area contributed by atoms with Crippen molar-refractivity contribution in [2.45, 2.75) is 13.3 Å². The summed E-state index contributed by atoms with van der Waals surface area (Å²) >= 11 is 0. The minimum absolute atomic E-state index is 0.0900. The van der Waals surface area contributed by atoms with Crippen LogP contribution in [-0.2, 0) is 11.2 Å². The number of carbonyl (C=O) groups excluding carboxylic acids is 1. The van der Waals surface area contributed by atoms with Gasteiger partial charge in [-0.3, -0.25) is 14.8 Å². The monoisotopic (exact) mass is 420 g/mol. The first kappa shape index (κ1) is 19.6. The van der Waals surface area contributed by atoms with E-state index in [0.717, 1.165) is 33.6 Å². The van der Waals surface area contributed by atoms with Crippen molar-refractivity contribution < 1.29 is 9.21 Å². The van der Waals surface area contributed by atoms with E-state index in [-0.39, 0.29) is 12.3 Å². The van der Waals surface area contributed by atoms with Crippen molar-refractivity contribution in [3.8, 4) is 22.6 Å². The average molecular weight is 420 g/mol. The van der Waals surface area contributed by atoms with E-state index in [4.69, 9.17) is 4.42 Å². The molecular formula is C26H20N4O2. The van der Waals surface area contributed by atoms with Crippen molar-refractivity contribution in [2.24, 2.45) is 0 Å². The number of rotatable bonds is 5. The summed E-state index contributed by atoms with van der Waals surface area (Å²) in [6.07, 6.45) is 5.46. The lowest BCUT2D eigenvalue weighted by molar-refractivity contribution is -0.115. The van der Waals surface area contributed by atoms with Crippen molar-refractivity contribution >= 4 is 22.7 Å². The van der Waals surface area contributed by atoms with Crippen LogP contribution in [0.1, 0.15) is 11.3 Å². The number of nitrogens with one attached hydrogen (secondary N) is 1. The van der Waals surface area contributed by atoms with Crippen LogP contribution in [0.2, 0.25) is 0 Å². The van der Waals surface area contributed by atoms with E-state index in [9.17, 15) is 4.79 Å². The first-order valence-corrected chi connectivity index (χ1v) is 10.3. The van der Waals surface area contributed by atoms with Crippen LogP contribution < -0.4 is 5.32 Å². The van der Waals surface area contributed by atoms with E-state index in [0.29, 0.717) is 17.0 Å². The van der Waals surface area contributed by atoms with Crippen molar-refractivity contribution in [1.29, 1.82) is 0 Å². The molecule has 3 heterocycles. The molecule has 156 valence electrons. The smallest absolute Gasteiger partial charge is 0.228 e. The Morgan fingerprint density at radius 2 is 1.81 bits per heavy atom. The number of anilines is 1. The largest absolute Gasteiger partial charge is 0.436 e. The zero-order valence-electron chi connectivity index (χ0n) is 17.4. The van der Waals surface area contributed by atoms with Gasteiger partial charge in [0.2, 0.25) is 11.8 Å². The number of hydrogen-bond acceptors (Lipinski definition) is 5. The number of aryl methyl sites for hydroxylation is 1. The van der Waals surface area contributed by atoms with E-state index in [1.165, 1.54) is 0 Å². The van der Waals surface area contributed by atoms with Crippen LogP contribution in [0.25, 0.3) is 33.7 Å². The Bertz CT molecular complexity index is 1390. The molecule has 0 radical (unpaired) electrons. The highest BCUT2D eigenvalue weighted by Crippen LogP contribution is 2.25. The second-order valence-electron chi connectivity index (χ2n) is 7.55. The summed E-state index contributed by atoms with van der Waals surface area (Å²) in [5, 5.41) is 2.96. The molecule has 6 nitrogen and oxygen atoms in total. The minimum atomic E-state index is -0.0900. The molecule has 0 spiro atoms. The second-order valence-corrected chi connectivity index (χ2v) is 7.55. The van der Waals surface area contributed by atoms with E-state index >= 15 is 0 Å². The lowest BCUT2D eigenvalue weighted by atomic mass is 10.1. The molecule has 32 heavy (non-hydrogen) atoms. The number of nitrogens with zero attached hydrogens (tertiary/aromatic N) is 3. The molecule has 0 atom stereocenters. The molecule has 1 amide bonds. The van der Waals surface area contributed by atoms with Gasteiger partial charge in [-0.1, -0.05) is 18.2 Å². The van der Waals surface area contributed by atoms with Crippen molar-refractivity contribution in [3.63, 3.8) is 0 Å². The fourth-order valence-electron chi connectivity index (χ4n) is 3.56. The Labute approximate surface area is 185 Å². The molecular weight excluding hydrogens is 400 g/mol. The molecule has 0 aliphatic rings. The molecule has 0 unspecified atom stereocenters. The zero-order chi connectivity index (χ0) is 21.9. The van der Waals surface area contributed by atoms with Gasteiger partial charge in [0, 0.05) is 30.0 Å². The van der Waals surface area contributed by atoms with Crippen molar-refractivity contribution in [3.05, 3.63) is 96.6 Å². The van der Waals surface area contributed by atoms with Gasteiger partial charge in [0.15, 0.2) is 5.58 Å². The Balaban J connectivity index is 1.27. The number of fused-ring (bicyclic) bond motifs is 1. The summed E-state index contributed by atoms with van der Waals surface area (Å²) in [5.41, 5.74) is 6.97. The molecule has 0 bridgehead atoms. The fourth-order valence-corrected chi connectivity index (χ4v) is 3.56. The van der Waals surface area contributed by atoms with E-state index in [1.54, 1.807) is 18.6 Å². The highest BCUT2D eigenvalue weighted by Gasteiger charge is 2.11. The van der Waals surface area contributed by atoms with Crippen molar-refractivity contribution in [2.75, 3.05) is 5.32 Å². The lowest BCUT2D eigenvalue weighted by Gasteiger charge is -2.07. The Kier molecular flexibility index (Phi) is 5.17. The van der Waals surface area contributed by atoms with Gasteiger partial charge in [-0.15, -0.1) is 0 Å². The lowest BCUT2D eigenvalue weighted by Crippen LogP contribution is -2.14. The van der Waals surface area contributed by atoms with Crippen molar-refractivity contribution in [1.82, 2.24) is 15.0 Å². The summed E-state index contributed by atoms with van der Waals surface area (Å²) < 4.78 is 5.81. The first-order chi connectivity index (χ1) is 15.6. The average Bonchev–Trinajstić information content (AvgIpc) is 3.24. The number of aromatic nitrogens is 3. The fraction of sp³-hybridized carbons (Fsp3) is 0.0769. The summed E-state index contributed by atoms with van der Waals surface area (Å²) in [4.78, 5) is 25.4. The third kappa shape index (κ3) is 4.25. The van der Waals surface area contributed by atoms with Crippen LogP contribution in [0.15, 0.2) is 89.7 Å². The van der Waals surface area contributed by atoms with Crippen LogP contribution >= 0.6 is 0 Å². The molecule has 6 heteroatoms. The maximum absolute atomic E-state index is 12.6. The minimum Gasteiger partial charge on any atom is -0.436 e. The first-order valence-electron chi connectivity index (χ1n) is 10.3. The maximum atomic E-state index is 12.6. The van der Waals surface area contributed by atoms with Gasteiger partial charge in [-0.05, 0) is 72.1 Å². The molecule has 5 aromatic rings. The van der Waals surface area contributed by atoms with E-state index in [2.05, 4.69) is 20.3 Å². The van der Waals surface area contributed by atoms with Gasteiger partial charge < -0.3 is 9.73 Å². The summed E-state index contributed by atoms with van der Waals surface area (Å²) in [6.45, 7) is 1.97. The predicted octanol–water partition coefficient (Wildman–Crippen LogP) is 5.44. The maximum Gasteiger partial charge on any atom is 0.228 e. The summed E-state index contributed by atoms with van der Waals surface area (Å²) in [7, 11) is 0. The molecule has 0 aliphatic heterocycles. The standard InChI is InChI=1S/C26H20N4O2/c1-17-13-20(10-12-28-17)19-5-7-22(8-6-19)29-25(31)15-18-4-9-24-23(14-18)30-26(32-24)21-3-2-11-27-16-21/h2-14,16H,15H2,1H3,(H,29,31). The highest BCUT2D eigenvalue weighted by atomic mass is 16.3. The zero-order valence-corrected chi connectivity index (χ0v) is 17.4. The molecule has 5 rings (SSSR count). The second kappa shape index (κ2) is 8.43. The quantitative estimate of drug-likeness (QED) is 0.409. The van der Waals surface area contributed by atoms with Gasteiger partial charge in [0.05, 0.1) is 12.0 Å². The summed E-state index contributed by atoms with van der Waals surface area (Å²) in [6, 6.07) is 21.1. The number of carbonyl (C=O) groups is 1. The van der Waals surface area contributed by atoms with Crippen LogP contribution in [0.4, 0.5) is 5.69 Å². The Hall–Kier alpha value is -4.32. The van der Waals surface area contributed by atoms with Crippen LogP contribution in [0.3, 0.4) is 0 Å². The number of hydrogen-bond donors (Lipinski definition) is 1. The molecule has 0 saturated carbocycles. The topological polar surface area (TPSA) is 80.9 Å². The van der Waals surface area contributed by atoms with Gasteiger partial charge in [-0.2, -0.15) is 0 Å². The Morgan fingerprint density at radius 3 is 2.59 bits per heavy atom. The third-order valence-electron chi connectivity index (χ3n) is 5.12. The molecule has 2 aromatic carbocycles. The van der Waals surface area contributed by atoms with Gasteiger partial charge in [-0.25, -0.2) is 4.98 Å². The molecule has 0 fully saturated rings. The number of pyridine rings is 2. The number of amides is 1. The predicted molar refractivity (Wildman–Crippen MR) is 124 cm³/mol. The van der Waals surface area contributed by atoms with Gasteiger partial charge in [0.1, 0.15) is 5.52 Å². The van der Waals surface area contributed by atoms with Crippen LogP contribution in [-0.4, -0.2) is 20.9 Å². The normalized spacial score (nSPS) is 10.9. The molecule has 3 aromatic heterocycles. The molecule has 1 N–H and O–H groups in total. The van der Waals surface area contributed by atoms with E-state index < -0.39 is 0 Å². The number of oxazole rings is 1. The molecule has 0 saturated heterocycles. The van der Waals surface area contributed by atoms with Crippen LogP contribution in [0.5, 0.6) is 0 Å². The number of benzene rings is 2. The third-order valence-corrected chi connectivity index (χ3v) is 5.12. The highest BCUT2D eigenvalue weighted by molar-refractivity contribution is 5.93. The van der Waals surface area contributed by atoms with Crippen LogP contribution in [0, 0.1) is 6.92 Å². The van der Waals surface area contributed by atoms with E-state index in [1.807, 2.05) is 73.7 Å². The van der Waals surface area contributed by atoms with Gasteiger partial charge in [0.25, 0.3) is 0 Å². The summed E-state index contributed by atoms with van der Waals surface area (Å²) in [5.74, 6) is 0.423. The van der Waals surface area contributed by atoms with Gasteiger partial charge >= 0.3 is 0 Å². The SMILES string of the molecule is Cc1cc(-c2ccc(NC(=O)Cc3ccc4oc(-c5cccnc5)nc4c3)cc2)ccn1. The molecule has 0 aliphatic carbocycles.